The summed E-state index contributed by atoms with van der Waals surface area (Å²) in [6.07, 6.45) is -1.55. The Balaban J connectivity index is 1.55. The minimum atomic E-state index is -4.46. The summed E-state index contributed by atoms with van der Waals surface area (Å²) in [6, 6.07) is 3.59. The first-order chi connectivity index (χ1) is 13.1. The third kappa shape index (κ3) is 5.09. The molecule has 0 unspecified atom stereocenters. The highest BCUT2D eigenvalue weighted by molar-refractivity contribution is 6.31. The highest BCUT2D eigenvalue weighted by Gasteiger charge is 2.45. The van der Waals surface area contributed by atoms with Crippen molar-refractivity contribution in [2.45, 2.75) is 31.5 Å². The van der Waals surface area contributed by atoms with Crippen LogP contribution in [-0.2, 0) is 4.79 Å². The van der Waals surface area contributed by atoms with Gasteiger partial charge in [-0.1, -0.05) is 17.7 Å². The number of nitrogens with zero attached hydrogens (tertiary/aromatic N) is 2. The Morgan fingerprint density at radius 1 is 1.36 bits per heavy atom. The van der Waals surface area contributed by atoms with E-state index in [1.165, 1.54) is 18.3 Å². The summed E-state index contributed by atoms with van der Waals surface area (Å²) < 4.78 is 54.0. The van der Waals surface area contributed by atoms with Crippen molar-refractivity contribution in [1.29, 1.82) is 0 Å². The Bertz CT molecular complexity index is 861. The standard InChI is InChI=1S/C18H16ClF4N3O2/c1-9(15-6-25-16(7-24-15)28-8-18(21,22)23)26-17(27)13-5-12(13)11-3-2-10(20)4-14(11)19/h2-4,6-7,9,12-13H,5,8H2,1H3,(H,26,27)/t9-,12-,13+/m1/s1. The number of ether oxygens (including phenoxy) is 1. The summed E-state index contributed by atoms with van der Waals surface area (Å²) in [6.45, 7) is 0.225. The number of hydrogen-bond donors (Lipinski definition) is 1. The molecule has 1 aliphatic rings. The minimum absolute atomic E-state index is 0.0791. The van der Waals surface area contributed by atoms with Gasteiger partial charge in [0.2, 0.25) is 11.8 Å². The van der Waals surface area contributed by atoms with Gasteiger partial charge in [-0.2, -0.15) is 13.2 Å². The Labute approximate surface area is 163 Å². The molecule has 3 atom stereocenters. The first kappa shape index (κ1) is 20.3. The number of aromatic nitrogens is 2. The quantitative estimate of drug-likeness (QED) is 0.716. The Morgan fingerprint density at radius 2 is 2.11 bits per heavy atom. The molecule has 1 N–H and O–H groups in total. The molecule has 28 heavy (non-hydrogen) atoms. The smallest absolute Gasteiger partial charge is 0.422 e. The Morgan fingerprint density at radius 3 is 2.71 bits per heavy atom. The third-order valence-corrected chi connectivity index (χ3v) is 4.65. The van der Waals surface area contributed by atoms with Gasteiger partial charge in [0.05, 0.1) is 24.1 Å². The maximum absolute atomic E-state index is 13.1. The predicted octanol–water partition coefficient (Wildman–Crippen LogP) is 4.19. The molecule has 3 rings (SSSR count). The monoisotopic (exact) mass is 417 g/mol. The summed E-state index contributed by atoms with van der Waals surface area (Å²) in [5.41, 5.74) is 1.10. The van der Waals surface area contributed by atoms with Gasteiger partial charge in [-0.15, -0.1) is 0 Å². The lowest BCUT2D eigenvalue weighted by Crippen LogP contribution is -2.29. The largest absolute Gasteiger partial charge is 0.467 e. The first-order valence-electron chi connectivity index (χ1n) is 8.41. The third-order valence-electron chi connectivity index (χ3n) is 4.32. The molecule has 0 aliphatic heterocycles. The summed E-state index contributed by atoms with van der Waals surface area (Å²) in [5.74, 6) is -1.27. The second-order valence-electron chi connectivity index (χ2n) is 6.53. The molecule has 0 radical (unpaired) electrons. The average Bonchev–Trinajstić information content (AvgIpc) is 3.40. The minimum Gasteiger partial charge on any atom is -0.467 e. The second-order valence-corrected chi connectivity index (χ2v) is 6.94. The lowest BCUT2D eigenvalue weighted by molar-refractivity contribution is -0.154. The molecule has 0 saturated heterocycles. The Kier molecular flexibility index (Phi) is 5.74. The highest BCUT2D eigenvalue weighted by Crippen LogP contribution is 2.49. The van der Waals surface area contributed by atoms with Crippen LogP contribution in [0.1, 0.15) is 36.6 Å². The number of nitrogens with one attached hydrogen (secondary N) is 1. The van der Waals surface area contributed by atoms with Crippen LogP contribution in [0.2, 0.25) is 5.02 Å². The van der Waals surface area contributed by atoms with Crippen LogP contribution in [0.5, 0.6) is 5.88 Å². The molecule has 1 saturated carbocycles. The van der Waals surface area contributed by atoms with Gasteiger partial charge in [0.25, 0.3) is 0 Å². The van der Waals surface area contributed by atoms with E-state index in [1.807, 2.05) is 0 Å². The molecule has 1 amide bonds. The maximum Gasteiger partial charge on any atom is 0.422 e. The fourth-order valence-corrected chi connectivity index (χ4v) is 3.11. The zero-order valence-corrected chi connectivity index (χ0v) is 15.4. The highest BCUT2D eigenvalue weighted by atomic mass is 35.5. The van der Waals surface area contributed by atoms with Gasteiger partial charge < -0.3 is 10.1 Å². The van der Waals surface area contributed by atoms with Crippen LogP contribution in [-0.4, -0.2) is 28.7 Å². The van der Waals surface area contributed by atoms with Crippen molar-refractivity contribution in [1.82, 2.24) is 15.3 Å². The molecule has 2 aromatic rings. The van der Waals surface area contributed by atoms with E-state index in [4.69, 9.17) is 11.6 Å². The summed E-state index contributed by atoms with van der Waals surface area (Å²) >= 11 is 6.03. The van der Waals surface area contributed by atoms with E-state index < -0.39 is 24.6 Å². The lowest BCUT2D eigenvalue weighted by atomic mass is 10.1. The second kappa shape index (κ2) is 7.90. The van der Waals surface area contributed by atoms with Crippen LogP contribution in [0.15, 0.2) is 30.6 Å². The molecule has 150 valence electrons. The van der Waals surface area contributed by atoms with Gasteiger partial charge in [0, 0.05) is 10.9 Å². The summed E-state index contributed by atoms with van der Waals surface area (Å²) in [5, 5.41) is 3.07. The molecule has 1 fully saturated rings. The van der Waals surface area contributed by atoms with Crippen LogP contribution in [0.4, 0.5) is 17.6 Å². The van der Waals surface area contributed by atoms with Gasteiger partial charge in [-0.3, -0.25) is 9.78 Å². The average molecular weight is 418 g/mol. The van der Waals surface area contributed by atoms with E-state index in [0.29, 0.717) is 12.1 Å². The van der Waals surface area contributed by atoms with Crippen molar-refractivity contribution >= 4 is 17.5 Å². The van der Waals surface area contributed by atoms with E-state index in [1.54, 1.807) is 13.0 Å². The van der Waals surface area contributed by atoms with Gasteiger partial charge in [0.15, 0.2) is 6.61 Å². The zero-order valence-electron chi connectivity index (χ0n) is 14.6. The molecule has 1 heterocycles. The van der Waals surface area contributed by atoms with E-state index in [0.717, 1.165) is 11.8 Å². The van der Waals surface area contributed by atoms with Crippen molar-refractivity contribution in [3.8, 4) is 5.88 Å². The van der Waals surface area contributed by atoms with Gasteiger partial charge in [-0.25, -0.2) is 9.37 Å². The van der Waals surface area contributed by atoms with Crippen molar-refractivity contribution in [2.24, 2.45) is 5.92 Å². The van der Waals surface area contributed by atoms with Crippen molar-refractivity contribution in [3.63, 3.8) is 0 Å². The topological polar surface area (TPSA) is 64.1 Å². The molecular formula is C18H16ClF4N3O2. The van der Waals surface area contributed by atoms with E-state index >= 15 is 0 Å². The predicted molar refractivity (Wildman–Crippen MR) is 92.4 cm³/mol. The van der Waals surface area contributed by atoms with Gasteiger partial charge >= 0.3 is 6.18 Å². The van der Waals surface area contributed by atoms with Crippen LogP contribution >= 0.6 is 11.6 Å². The van der Waals surface area contributed by atoms with Crippen LogP contribution < -0.4 is 10.1 Å². The van der Waals surface area contributed by atoms with Gasteiger partial charge in [-0.05, 0) is 37.0 Å². The molecule has 0 spiro atoms. The number of carbonyl (C=O) groups excluding carboxylic acids is 1. The molecular weight excluding hydrogens is 402 g/mol. The molecule has 0 bridgehead atoms. The fourth-order valence-electron chi connectivity index (χ4n) is 2.81. The van der Waals surface area contributed by atoms with E-state index in [2.05, 4.69) is 20.0 Å². The summed E-state index contributed by atoms with van der Waals surface area (Å²) in [4.78, 5) is 20.1. The first-order valence-corrected chi connectivity index (χ1v) is 8.78. The number of benzene rings is 1. The lowest BCUT2D eigenvalue weighted by Gasteiger charge is -2.14. The molecule has 1 aliphatic carbocycles. The normalized spacial score (nSPS) is 19.8. The van der Waals surface area contributed by atoms with Crippen molar-refractivity contribution in [3.05, 3.63) is 52.7 Å². The molecule has 10 heteroatoms. The van der Waals surface area contributed by atoms with Crippen LogP contribution in [0, 0.1) is 11.7 Å². The SMILES string of the molecule is C[C@@H](NC(=O)[C@H]1C[C@@H]1c1ccc(F)cc1Cl)c1cnc(OCC(F)(F)F)cn1. The van der Waals surface area contributed by atoms with Crippen LogP contribution in [0.3, 0.4) is 0 Å². The molecule has 1 aromatic carbocycles. The van der Waals surface area contributed by atoms with Gasteiger partial charge in [0.1, 0.15) is 5.82 Å². The Hall–Kier alpha value is -2.42. The van der Waals surface area contributed by atoms with Crippen LogP contribution in [0.25, 0.3) is 0 Å². The molecule has 1 aromatic heterocycles. The van der Waals surface area contributed by atoms with E-state index in [9.17, 15) is 22.4 Å². The number of carbonyl (C=O) groups is 1. The zero-order chi connectivity index (χ0) is 20.5. The number of hydrogen-bond acceptors (Lipinski definition) is 4. The summed E-state index contributed by atoms with van der Waals surface area (Å²) in [7, 11) is 0. The van der Waals surface area contributed by atoms with Crippen molar-refractivity contribution in [2.75, 3.05) is 6.61 Å². The fraction of sp³-hybridized carbons (Fsp3) is 0.389. The number of alkyl halides is 3. The maximum atomic E-state index is 13.1. The molecule has 5 nitrogen and oxygen atoms in total. The van der Waals surface area contributed by atoms with E-state index in [-0.39, 0.29) is 28.6 Å². The van der Waals surface area contributed by atoms with Crippen molar-refractivity contribution < 1.29 is 27.1 Å². The number of halogens is 5. The number of amides is 1. The number of rotatable bonds is 6.